The normalized spacial score (nSPS) is 31.0. The van der Waals surface area contributed by atoms with E-state index in [0.29, 0.717) is 12.6 Å². The Labute approximate surface area is 96.2 Å². The van der Waals surface area contributed by atoms with Crippen molar-refractivity contribution in [2.45, 2.75) is 31.3 Å². The average Bonchev–Trinajstić information content (AvgIpc) is 2.63. The molecule has 2 aliphatic heterocycles. The van der Waals surface area contributed by atoms with Crippen LogP contribution in [-0.2, 0) is 4.79 Å². The molecule has 0 saturated carbocycles. The molecule has 0 bridgehead atoms. The van der Waals surface area contributed by atoms with Crippen molar-refractivity contribution in [3.05, 3.63) is 0 Å². The Bertz CT molecular complexity index is 280. The van der Waals surface area contributed by atoms with Gasteiger partial charge in [0, 0.05) is 32.2 Å². The molecule has 5 heteroatoms. The van der Waals surface area contributed by atoms with Crippen molar-refractivity contribution in [1.29, 1.82) is 0 Å². The van der Waals surface area contributed by atoms with Crippen LogP contribution in [0.1, 0.15) is 19.8 Å². The maximum Gasteiger partial charge on any atom is 0.324 e. The molecule has 16 heavy (non-hydrogen) atoms. The highest BCUT2D eigenvalue weighted by molar-refractivity contribution is 5.78. The largest absolute Gasteiger partial charge is 0.480 e. The van der Waals surface area contributed by atoms with Gasteiger partial charge < -0.3 is 10.8 Å². The molecule has 3 N–H and O–H groups in total. The highest BCUT2D eigenvalue weighted by Gasteiger charge is 2.35. The van der Waals surface area contributed by atoms with Crippen molar-refractivity contribution >= 4 is 5.97 Å². The van der Waals surface area contributed by atoms with E-state index in [1.165, 1.54) is 19.4 Å². The summed E-state index contributed by atoms with van der Waals surface area (Å²) in [5.74, 6) is -0.915. The number of hydrogen-bond donors (Lipinski definition) is 2. The summed E-state index contributed by atoms with van der Waals surface area (Å²) in [4.78, 5) is 15.7. The molecule has 0 amide bonds. The fourth-order valence-electron chi connectivity index (χ4n) is 2.73. The van der Waals surface area contributed by atoms with Gasteiger partial charge in [-0.1, -0.05) is 0 Å². The van der Waals surface area contributed by atoms with Crippen molar-refractivity contribution in [3.8, 4) is 0 Å². The van der Waals surface area contributed by atoms with E-state index in [-0.39, 0.29) is 0 Å². The van der Waals surface area contributed by atoms with Gasteiger partial charge in [0.2, 0.25) is 0 Å². The Morgan fingerprint density at radius 1 is 1.50 bits per heavy atom. The van der Waals surface area contributed by atoms with Crippen molar-refractivity contribution in [3.63, 3.8) is 0 Å². The van der Waals surface area contributed by atoms with Gasteiger partial charge in [-0.15, -0.1) is 0 Å². The predicted octanol–water partition coefficient (Wildman–Crippen LogP) is -0.432. The number of carbonyl (C=O) groups is 1. The van der Waals surface area contributed by atoms with Gasteiger partial charge in [-0.05, 0) is 26.3 Å². The summed E-state index contributed by atoms with van der Waals surface area (Å²) in [5, 5.41) is 9.00. The Morgan fingerprint density at radius 2 is 2.25 bits per heavy atom. The van der Waals surface area contributed by atoms with E-state index >= 15 is 0 Å². The van der Waals surface area contributed by atoms with Gasteiger partial charge >= 0.3 is 5.97 Å². The second kappa shape index (κ2) is 4.31. The van der Waals surface area contributed by atoms with Crippen LogP contribution in [0.2, 0.25) is 0 Å². The van der Waals surface area contributed by atoms with Gasteiger partial charge in [0.1, 0.15) is 5.54 Å². The summed E-state index contributed by atoms with van der Waals surface area (Å²) >= 11 is 0. The van der Waals surface area contributed by atoms with E-state index in [9.17, 15) is 4.79 Å². The number of rotatable bonds is 3. The molecule has 2 saturated heterocycles. The minimum absolute atomic E-state index is 0.451. The quantitative estimate of drug-likeness (QED) is 0.684. The lowest BCUT2D eigenvalue weighted by Gasteiger charge is -2.39. The van der Waals surface area contributed by atoms with E-state index < -0.39 is 11.5 Å². The van der Waals surface area contributed by atoms with Crippen molar-refractivity contribution in [2.24, 2.45) is 5.73 Å². The average molecular weight is 227 g/mol. The van der Waals surface area contributed by atoms with Crippen LogP contribution >= 0.6 is 0 Å². The van der Waals surface area contributed by atoms with E-state index in [1.807, 2.05) is 0 Å². The Morgan fingerprint density at radius 3 is 2.94 bits per heavy atom. The van der Waals surface area contributed by atoms with Crippen LogP contribution in [0.15, 0.2) is 0 Å². The summed E-state index contributed by atoms with van der Waals surface area (Å²) in [6.45, 7) is 6.22. The zero-order chi connectivity index (χ0) is 11.8. The van der Waals surface area contributed by atoms with Crippen molar-refractivity contribution in [1.82, 2.24) is 9.80 Å². The summed E-state index contributed by atoms with van der Waals surface area (Å²) in [7, 11) is 0. The van der Waals surface area contributed by atoms with Crippen LogP contribution in [0.5, 0.6) is 0 Å². The van der Waals surface area contributed by atoms with Crippen molar-refractivity contribution in [2.75, 3.05) is 32.7 Å². The zero-order valence-corrected chi connectivity index (χ0v) is 9.85. The zero-order valence-electron chi connectivity index (χ0n) is 9.85. The third-order valence-corrected chi connectivity index (χ3v) is 3.71. The highest BCUT2D eigenvalue weighted by Crippen LogP contribution is 2.22. The van der Waals surface area contributed by atoms with Gasteiger partial charge in [-0.3, -0.25) is 14.6 Å². The van der Waals surface area contributed by atoms with Crippen LogP contribution in [0, 0.1) is 0 Å². The highest BCUT2D eigenvalue weighted by atomic mass is 16.4. The van der Waals surface area contributed by atoms with Crippen LogP contribution in [0.25, 0.3) is 0 Å². The Kier molecular flexibility index (Phi) is 3.19. The molecular formula is C11H21N3O2. The summed E-state index contributed by atoms with van der Waals surface area (Å²) in [5.41, 5.74) is 4.65. The molecule has 2 fully saturated rings. The number of carboxylic acids is 1. The van der Waals surface area contributed by atoms with Crippen LogP contribution in [0.4, 0.5) is 0 Å². The van der Waals surface area contributed by atoms with Gasteiger partial charge in [-0.2, -0.15) is 0 Å². The fourth-order valence-corrected chi connectivity index (χ4v) is 2.73. The third kappa shape index (κ3) is 2.36. The third-order valence-electron chi connectivity index (χ3n) is 3.71. The number of piperazine rings is 1. The molecule has 5 nitrogen and oxygen atoms in total. The maximum absolute atomic E-state index is 11.0. The molecule has 2 aliphatic rings. The maximum atomic E-state index is 11.0. The first-order valence-electron chi connectivity index (χ1n) is 5.98. The monoisotopic (exact) mass is 227 g/mol. The second-order valence-electron chi connectivity index (χ2n) is 5.29. The molecule has 2 unspecified atom stereocenters. The van der Waals surface area contributed by atoms with Crippen LogP contribution < -0.4 is 5.73 Å². The summed E-state index contributed by atoms with van der Waals surface area (Å²) in [6, 6.07) is 0.623. The fraction of sp³-hybridized carbons (Fsp3) is 0.909. The molecule has 0 radical (unpaired) electrons. The Hall–Kier alpha value is -0.650. The predicted molar refractivity (Wildman–Crippen MR) is 61.3 cm³/mol. The number of hydrogen-bond acceptors (Lipinski definition) is 4. The minimum Gasteiger partial charge on any atom is -0.480 e. The summed E-state index contributed by atoms with van der Waals surface area (Å²) < 4.78 is 0. The standard InChI is InChI=1S/C11H21N3O2/c1-11(12,10(15)16)8-13-5-6-14-4-2-3-9(14)7-13/h9H,2-8,12H2,1H3,(H,15,16). The van der Waals surface area contributed by atoms with Crippen LogP contribution in [-0.4, -0.2) is 65.2 Å². The minimum atomic E-state index is -1.12. The number of carboxylic acid groups (broad SMARTS) is 1. The molecule has 92 valence electrons. The molecule has 2 atom stereocenters. The number of nitrogens with two attached hydrogens (primary N) is 1. The number of aliphatic carboxylic acids is 1. The molecule has 0 aromatic rings. The molecular weight excluding hydrogens is 206 g/mol. The first kappa shape index (κ1) is 11.8. The molecule has 0 spiro atoms. The molecule has 0 aromatic heterocycles. The number of fused-ring (bicyclic) bond motifs is 1. The van der Waals surface area contributed by atoms with E-state index in [1.54, 1.807) is 6.92 Å². The lowest BCUT2D eigenvalue weighted by Crippen LogP contribution is -2.59. The first-order chi connectivity index (χ1) is 7.49. The van der Waals surface area contributed by atoms with E-state index in [0.717, 1.165) is 19.6 Å². The van der Waals surface area contributed by atoms with Gasteiger partial charge in [0.15, 0.2) is 0 Å². The second-order valence-corrected chi connectivity index (χ2v) is 5.29. The van der Waals surface area contributed by atoms with Gasteiger partial charge in [0.25, 0.3) is 0 Å². The molecule has 0 aliphatic carbocycles. The number of nitrogens with zero attached hydrogens (tertiary/aromatic N) is 2. The smallest absolute Gasteiger partial charge is 0.324 e. The van der Waals surface area contributed by atoms with Gasteiger partial charge in [0.05, 0.1) is 0 Å². The topological polar surface area (TPSA) is 69.8 Å². The van der Waals surface area contributed by atoms with Crippen molar-refractivity contribution < 1.29 is 9.90 Å². The van der Waals surface area contributed by atoms with E-state index in [4.69, 9.17) is 10.8 Å². The Balaban J connectivity index is 1.90. The SMILES string of the molecule is CC(N)(CN1CCN2CCCC2C1)C(=O)O. The molecule has 2 rings (SSSR count). The first-order valence-corrected chi connectivity index (χ1v) is 5.98. The lowest BCUT2D eigenvalue weighted by atomic mass is 10.0. The summed E-state index contributed by atoms with van der Waals surface area (Å²) in [6.07, 6.45) is 2.52. The molecule has 0 aromatic carbocycles. The van der Waals surface area contributed by atoms with E-state index in [2.05, 4.69) is 9.80 Å². The van der Waals surface area contributed by atoms with Gasteiger partial charge in [-0.25, -0.2) is 0 Å². The lowest BCUT2D eigenvalue weighted by molar-refractivity contribution is -0.143. The van der Waals surface area contributed by atoms with Crippen LogP contribution in [0.3, 0.4) is 0 Å². The molecule has 2 heterocycles.